The van der Waals surface area contributed by atoms with Gasteiger partial charge in [-0.25, -0.2) is 4.76 Å². The predicted octanol–water partition coefficient (Wildman–Crippen LogP) is 5.44. The maximum absolute atomic E-state index is 13.9. The van der Waals surface area contributed by atoms with E-state index in [0.29, 0.717) is 21.9 Å². The van der Waals surface area contributed by atoms with Crippen LogP contribution in [0.4, 0.5) is 13.2 Å². The van der Waals surface area contributed by atoms with E-state index < -0.39 is 19.0 Å². The lowest BCUT2D eigenvalue weighted by atomic mass is 10.1. The quantitative estimate of drug-likeness (QED) is 0.433. The van der Waals surface area contributed by atoms with Gasteiger partial charge in [-0.05, 0) is 48.9 Å². The Hall–Kier alpha value is -2.65. The smallest absolute Gasteiger partial charge is 0.288 e. The van der Waals surface area contributed by atoms with Crippen molar-refractivity contribution in [3.63, 3.8) is 0 Å². The summed E-state index contributed by atoms with van der Waals surface area (Å²) < 4.78 is 56.6. The summed E-state index contributed by atoms with van der Waals surface area (Å²) in [6.07, 6.45) is -4.40. The molecule has 0 spiro atoms. The minimum Gasteiger partial charge on any atom is -0.288 e. The standard InChI is InChI=1S/C21H17F3NOP/c1-16(17-12-14-18(15-13-17)21(22,23)24)25-27(26,19-8-4-2-5-9-19)20-10-6-3-7-11-20/h2-15H,1H3/b25-16-. The van der Waals surface area contributed by atoms with Crippen molar-refractivity contribution < 1.29 is 17.7 Å². The van der Waals surface area contributed by atoms with Crippen molar-refractivity contribution in [2.24, 2.45) is 4.76 Å². The zero-order chi connectivity index (χ0) is 19.5. The molecule has 0 bridgehead atoms. The zero-order valence-electron chi connectivity index (χ0n) is 14.5. The second kappa shape index (κ2) is 7.53. The molecule has 0 unspecified atom stereocenters. The maximum atomic E-state index is 13.9. The Bertz CT molecular complexity index is 938. The number of hydrogen-bond acceptors (Lipinski definition) is 1. The van der Waals surface area contributed by atoms with Gasteiger partial charge in [0.15, 0.2) is 0 Å². The molecule has 0 amide bonds. The molecule has 0 N–H and O–H groups in total. The highest BCUT2D eigenvalue weighted by molar-refractivity contribution is 7.77. The summed E-state index contributed by atoms with van der Waals surface area (Å²) in [4.78, 5) is 0. The van der Waals surface area contributed by atoms with Crippen LogP contribution in [0.25, 0.3) is 0 Å². The Morgan fingerprint density at radius 3 is 1.63 bits per heavy atom. The van der Waals surface area contributed by atoms with Crippen molar-refractivity contribution in [3.05, 3.63) is 96.1 Å². The molecular weight excluding hydrogens is 370 g/mol. The monoisotopic (exact) mass is 387 g/mol. The SMILES string of the molecule is C/C(=N/P(=O)(c1ccccc1)c1ccccc1)c1ccc(C(F)(F)F)cc1. The summed E-state index contributed by atoms with van der Waals surface area (Å²) in [6.45, 7) is 1.65. The van der Waals surface area contributed by atoms with Crippen LogP contribution in [0.15, 0.2) is 89.7 Å². The van der Waals surface area contributed by atoms with Gasteiger partial charge in [0.2, 0.25) is 7.29 Å². The van der Waals surface area contributed by atoms with Crippen molar-refractivity contribution in [2.45, 2.75) is 13.1 Å². The van der Waals surface area contributed by atoms with E-state index in [1.807, 2.05) is 12.1 Å². The third-order valence-corrected chi connectivity index (χ3v) is 6.71. The van der Waals surface area contributed by atoms with Gasteiger partial charge in [0.1, 0.15) is 0 Å². The molecule has 0 aromatic heterocycles. The van der Waals surface area contributed by atoms with E-state index in [4.69, 9.17) is 0 Å². The van der Waals surface area contributed by atoms with Crippen molar-refractivity contribution in [2.75, 3.05) is 0 Å². The molecule has 0 aliphatic heterocycles. The van der Waals surface area contributed by atoms with E-state index in [9.17, 15) is 17.7 Å². The van der Waals surface area contributed by atoms with E-state index in [1.54, 1.807) is 55.5 Å². The second-order valence-corrected chi connectivity index (χ2v) is 8.39. The molecule has 3 aromatic carbocycles. The first-order valence-electron chi connectivity index (χ1n) is 8.26. The molecular formula is C21H17F3NOP. The summed E-state index contributed by atoms with van der Waals surface area (Å²) in [5, 5.41) is 1.14. The topological polar surface area (TPSA) is 29.4 Å². The van der Waals surface area contributed by atoms with Gasteiger partial charge in [-0.15, -0.1) is 0 Å². The maximum Gasteiger partial charge on any atom is 0.416 e. The Morgan fingerprint density at radius 2 is 1.22 bits per heavy atom. The van der Waals surface area contributed by atoms with Crippen molar-refractivity contribution >= 4 is 23.6 Å². The number of halogens is 3. The summed E-state index contributed by atoms with van der Waals surface area (Å²) in [5.41, 5.74) is 0.184. The highest BCUT2D eigenvalue weighted by Gasteiger charge is 2.30. The molecule has 0 fully saturated rings. The fourth-order valence-electron chi connectivity index (χ4n) is 2.69. The third-order valence-electron chi connectivity index (χ3n) is 4.13. The summed E-state index contributed by atoms with van der Waals surface area (Å²) >= 11 is 0. The molecule has 0 radical (unpaired) electrons. The molecule has 2 nitrogen and oxygen atoms in total. The minimum absolute atomic E-state index is 0.416. The van der Waals surface area contributed by atoms with Gasteiger partial charge in [0.25, 0.3) is 0 Å². The lowest BCUT2D eigenvalue weighted by Gasteiger charge is -2.16. The average Bonchev–Trinajstić information content (AvgIpc) is 2.68. The van der Waals surface area contributed by atoms with E-state index in [1.165, 1.54) is 12.1 Å². The molecule has 6 heteroatoms. The molecule has 0 aliphatic rings. The van der Waals surface area contributed by atoms with Crippen LogP contribution in [0.2, 0.25) is 0 Å². The Kier molecular flexibility index (Phi) is 5.33. The highest BCUT2D eigenvalue weighted by atomic mass is 31.2. The largest absolute Gasteiger partial charge is 0.416 e. The number of benzene rings is 3. The van der Waals surface area contributed by atoms with Gasteiger partial charge >= 0.3 is 6.18 Å². The van der Waals surface area contributed by atoms with Crippen LogP contribution in [0.5, 0.6) is 0 Å². The third kappa shape index (κ3) is 4.20. The highest BCUT2D eigenvalue weighted by Crippen LogP contribution is 2.45. The average molecular weight is 387 g/mol. The predicted molar refractivity (Wildman–Crippen MR) is 103 cm³/mol. The van der Waals surface area contributed by atoms with Crippen LogP contribution >= 0.6 is 7.29 Å². The summed E-state index contributed by atoms with van der Waals surface area (Å²) in [5.74, 6) is 0. The van der Waals surface area contributed by atoms with E-state index in [0.717, 1.165) is 12.1 Å². The second-order valence-electron chi connectivity index (χ2n) is 6.01. The van der Waals surface area contributed by atoms with Crippen molar-refractivity contribution in [1.82, 2.24) is 0 Å². The first-order valence-corrected chi connectivity index (χ1v) is 9.92. The lowest BCUT2D eigenvalue weighted by Crippen LogP contribution is -2.15. The molecule has 0 heterocycles. The van der Waals surface area contributed by atoms with Gasteiger partial charge in [-0.2, -0.15) is 13.2 Å². The van der Waals surface area contributed by atoms with E-state index >= 15 is 0 Å². The van der Waals surface area contributed by atoms with Crippen molar-refractivity contribution in [1.29, 1.82) is 0 Å². The molecule has 3 aromatic rings. The van der Waals surface area contributed by atoms with Crippen LogP contribution < -0.4 is 10.6 Å². The number of hydrogen-bond donors (Lipinski definition) is 0. The summed E-state index contributed by atoms with van der Waals surface area (Å²) in [6, 6.07) is 22.5. The van der Waals surface area contributed by atoms with Crippen LogP contribution in [0.3, 0.4) is 0 Å². The van der Waals surface area contributed by atoms with Crippen LogP contribution in [0.1, 0.15) is 18.1 Å². The molecule has 0 saturated carbocycles. The molecule has 0 saturated heterocycles. The molecule has 0 aliphatic carbocycles. The number of nitrogens with zero attached hydrogens (tertiary/aromatic N) is 1. The van der Waals surface area contributed by atoms with Gasteiger partial charge in [0, 0.05) is 16.3 Å². The normalized spacial score (nSPS) is 12.8. The first-order chi connectivity index (χ1) is 12.8. The Morgan fingerprint density at radius 1 is 0.778 bits per heavy atom. The first kappa shape index (κ1) is 19.1. The molecule has 138 valence electrons. The minimum atomic E-state index is -4.40. The lowest BCUT2D eigenvalue weighted by molar-refractivity contribution is -0.137. The molecule has 0 atom stereocenters. The van der Waals surface area contributed by atoms with Gasteiger partial charge in [0.05, 0.1) is 5.56 Å². The van der Waals surface area contributed by atoms with Gasteiger partial charge in [-0.3, -0.25) is 4.57 Å². The fraction of sp³-hybridized carbons (Fsp3) is 0.0952. The summed E-state index contributed by atoms with van der Waals surface area (Å²) in [7, 11) is -3.32. The number of rotatable bonds is 4. The van der Waals surface area contributed by atoms with Crippen LogP contribution in [-0.4, -0.2) is 5.71 Å². The zero-order valence-corrected chi connectivity index (χ0v) is 15.4. The fourth-order valence-corrected chi connectivity index (χ4v) is 4.91. The van der Waals surface area contributed by atoms with Crippen molar-refractivity contribution in [3.8, 4) is 0 Å². The van der Waals surface area contributed by atoms with E-state index in [2.05, 4.69) is 4.76 Å². The Labute approximate surface area is 155 Å². The van der Waals surface area contributed by atoms with Crippen LogP contribution in [-0.2, 0) is 10.7 Å². The van der Waals surface area contributed by atoms with Gasteiger partial charge < -0.3 is 0 Å². The number of alkyl halides is 3. The Balaban J connectivity index is 2.07. The molecule has 27 heavy (non-hydrogen) atoms. The van der Waals surface area contributed by atoms with Crippen LogP contribution in [0, 0.1) is 0 Å². The van der Waals surface area contributed by atoms with Gasteiger partial charge in [-0.1, -0.05) is 48.5 Å². The van der Waals surface area contributed by atoms with E-state index in [-0.39, 0.29) is 0 Å². The molecule has 3 rings (SSSR count).